The number of rotatable bonds is 4. The topological polar surface area (TPSA) is 41.5 Å². The molecular weight excluding hydrogens is 233 g/mol. The Hall–Kier alpha value is -1.13. The molecule has 0 aromatic heterocycles. The van der Waals surface area contributed by atoms with Crippen molar-refractivity contribution in [3.8, 4) is 5.75 Å². The van der Waals surface area contributed by atoms with Crippen LogP contribution in [0.15, 0.2) is 18.2 Å². The SMILES string of the molecule is Oc1cc(F)cc(CNC2CCOC2C2CC2)c1. The maximum atomic E-state index is 13.1. The molecule has 0 bridgehead atoms. The van der Waals surface area contributed by atoms with Gasteiger partial charge in [0.15, 0.2) is 0 Å². The molecule has 2 unspecified atom stereocenters. The predicted molar refractivity (Wildman–Crippen MR) is 65.8 cm³/mol. The minimum Gasteiger partial charge on any atom is -0.508 e. The summed E-state index contributed by atoms with van der Waals surface area (Å²) in [6.45, 7) is 1.38. The number of aromatic hydroxyl groups is 1. The lowest BCUT2D eigenvalue weighted by molar-refractivity contribution is 0.0809. The van der Waals surface area contributed by atoms with Crippen LogP contribution in [0, 0.1) is 11.7 Å². The molecule has 1 aliphatic heterocycles. The number of nitrogens with one attached hydrogen (secondary N) is 1. The normalized spacial score (nSPS) is 27.6. The fourth-order valence-electron chi connectivity index (χ4n) is 2.70. The number of phenols is 1. The molecule has 1 saturated carbocycles. The Morgan fingerprint density at radius 3 is 2.83 bits per heavy atom. The molecule has 0 amide bonds. The van der Waals surface area contributed by atoms with E-state index in [1.807, 2.05) is 0 Å². The second-order valence-electron chi connectivity index (χ2n) is 5.27. The minimum absolute atomic E-state index is 0.0202. The Kier molecular flexibility index (Phi) is 3.22. The van der Waals surface area contributed by atoms with E-state index in [4.69, 9.17) is 4.74 Å². The summed E-state index contributed by atoms with van der Waals surface area (Å²) < 4.78 is 18.9. The third-order valence-electron chi connectivity index (χ3n) is 3.73. The number of ether oxygens (including phenoxy) is 1. The van der Waals surface area contributed by atoms with E-state index >= 15 is 0 Å². The zero-order chi connectivity index (χ0) is 12.5. The van der Waals surface area contributed by atoms with Gasteiger partial charge in [-0.3, -0.25) is 0 Å². The molecule has 4 heteroatoms. The van der Waals surface area contributed by atoms with Gasteiger partial charge in [0.2, 0.25) is 0 Å². The van der Waals surface area contributed by atoms with E-state index in [9.17, 15) is 9.50 Å². The van der Waals surface area contributed by atoms with Crippen LogP contribution in [0.2, 0.25) is 0 Å². The van der Waals surface area contributed by atoms with Crippen LogP contribution in [0.5, 0.6) is 5.75 Å². The molecule has 0 spiro atoms. The van der Waals surface area contributed by atoms with Crippen LogP contribution in [0.3, 0.4) is 0 Å². The average Bonchev–Trinajstić information content (AvgIpc) is 3.05. The molecule has 0 radical (unpaired) electrons. The first-order chi connectivity index (χ1) is 8.72. The lowest BCUT2D eigenvalue weighted by Crippen LogP contribution is -2.37. The molecule has 1 saturated heterocycles. The Morgan fingerprint density at radius 2 is 2.11 bits per heavy atom. The van der Waals surface area contributed by atoms with Gasteiger partial charge in [-0.25, -0.2) is 4.39 Å². The van der Waals surface area contributed by atoms with Gasteiger partial charge in [-0.05, 0) is 42.9 Å². The van der Waals surface area contributed by atoms with Gasteiger partial charge in [0.05, 0.1) is 6.10 Å². The monoisotopic (exact) mass is 251 g/mol. The van der Waals surface area contributed by atoms with Gasteiger partial charge in [0.1, 0.15) is 11.6 Å². The molecule has 2 aliphatic rings. The van der Waals surface area contributed by atoms with E-state index in [0.717, 1.165) is 24.7 Å². The molecule has 3 rings (SSSR count). The third-order valence-corrected chi connectivity index (χ3v) is 3.73. The summed E-state index contributed by atoms with van der Waals surface area (Å²) in [5.41, 5.74) is 0.772. The number of halogens is 1. The highest BCUT2D eigenvalue weighted by Gasteiger charge is 2.40. The zero-order valence-electron chi connectivity index (χ0n) is 10.2. The van der Waals surface area contributed by atoms with Crippen molar-refractivity contribution in [2.24, 2.45) is 5.92 Å². The molecular formula is C14H18FNO2. The van der Waals surface area contributed by atoms with Crippen molar-refractivity contribution in [1.29, 1.82) is 0 Å². The van der Waals surface area contributed by atoms with Crippen LogP contribution in [-0.4, -0.2) is 23.9 Å². The largest absolute Gasteiger partial charge is 0.508 e. The Bertz CT molecular complexity index is 414. The smallest absolute Gasteiger partial charge is 0.127 e. The maximum Gasteiger partial charge on any atom is 0.127 e. The van der Waals surface area contributed by atoms with Gasteiger partial charge in [0, 0.05) is 25.3 Å². The molecule has 1 aromatic carbocycles. The molecule has 1 aromatic rings. The summed E-state index contributed by atoms with van der Waals surface area (Å²) in [7, 11) is 0. The Balaban J connectivity index is 1.59. The lowest BCUT2D eigenvalue weighted by Gasteiger charge is -2.19. The standard InChI is InChI=1S/C14H18FNO2/c15-11-5-9(6-12(17)7-11)8-16-13-3-4-18-14(13)10-1-2-10/h5-7,10,13-14,16-17H,1-4,8H2. The van der Waals surface area contributed by atoms with Crippen LogP contribution in [0.25, 0.3) is 0 Å². The first-order valence-electron chi connectivity index (χ1n) is 6.56. The van der Waals surface area contributed by atoms with Gasteiger partial charge in [-0.2, -0.15) is 0 Å². The van der Waals surface area contributed by atoms with Crippen LogP contribution in [-0.2, 0) is 11.3 Å². The summed E-state index contributed by atoms with van der Waals surface area (Å²) >= 11 is 0. The van der Waals surface area contributed by atoms with Gasteiger partial charge >= 0.3 is 0 Å². The molecule has 18 heavy (non-hydrogen) atoms. The number of phenolic OH excluding ortho intramolecular Hbond substituents is 1. The van der Waals surface area contributed by atoms with Crippen molar-refractivity contribution in [3.05, 3.63) is 29.6 Å². The third kappa shape index (κ3) is 2.65. The highest BCUT2D eigenvalue weighted by atomic mass is 19.1. The van der Waals surface area contributed by atoms with E-state index in [2.05, 4.69) is 5.32 Å². The summed E-state index contributed by atoms with van der Waals surface area (Å²) in [5.74, 6) is 0.298. The Labute approximate surface area is 106 Å². The molecule has 98 valence electrons. The summed E-state index contributed by atoms with van der Waals surface area (Å²) in [4.78, 5) is 0. The maximum absolute atomic E-state index is 13.1. The summed E-state index contributed by atoms with van der Waals surface area (Å²) in [5, 5.41) is 12.8. The summed E-state index contributed by atoms with van der Waals surface area (Å²) in [6, 6.07) is 4.53. The zero-order valence-corrected chi connectivity index (χ0v) is 10.2. The van der Waals surface area contributed by atoms with Crippen molar-refractivity contribution in [2.45, 2.75) is 38.0 Å². The van der Waals surface area contributed by atoms with Gasteiger partial charge < -0.3 is 15.2 Å². The fraction of sp³-hybridized carbons (Fsp3) is 0.571. The van der Waals surface area contributed by atoms with Gasteiger partial charge in [-0.1, -0.05) is 0 Å². The molecule has 3 nitrogen and oxygen atoms in total. The highest BCUT2D eigenvalue weighted by Crippen LogP contribution is 2.38. The molecule has 2 atom stereocenters. The number of hydrogen-bond acceptors (Lipinski definition) is 3. The second-order valence-corrected chi connectivity index (χ2v) is 5.27. The van der Waals surface area contributed by atoms with E-state index < -0.39 is 5.82 Å². The average molecular weight is 251 g/mol. The van der Waals surface area contributed by atoms with Crippen LogP contribution >= 0.6 is 0 Å². The van der Waals surface area contributed by atoms with Gasteiger partial charge in [-0.15, -0.1) is 0 Å². The minimum atomic E-state index is -0.395. The van der Waals surface area contributed by atoms with Crippen LogP contribution < -0.4 is 5.32 Å². The van der Waals surface area contributed by atoms with Crippen LogP contribution in [0.4, 0.5) is 4.39 Å². The first kappa shape index (κ1) is 11.9. The highest BCUT2D eigenvalue weighted by molar-refractivity contribution is 5.28. The van der Waals surface area contributed by atoms with Crippen molar-refractivity contribution in [3.63, 3.8) is 0 Å². The molecule has 2 N–H and O–H groups in total. The van der Waals surface area contributed by atoms with E-state index in [-0.39, 0.29) is 5.75 Å². The van der Waals surface area contributed by atoms with Crippen molar-refractivity contribution in [2.75, 3.05) is 6.61 Å². The molecule has 1 aliphatic carbocycles. The molecule has 2 fully saturated rings. The van der Waals surface area contributed by atoms with E-state index in [1.165, 1.54) is 18.9 Å². The Morgan fingerprint density at radius 1 is 1.28 bits per heavy atom. The fourth-order valence-corrected chi connectivity index (χ4v) is 2.70. The predicted octanol–water partition coefficient (Wildman–Crippen LogP) is 2.19. The lowest BCUT2D eigenvalue weighted by atomic mass is 10.1. The van der Waals surface area contributed by atoms with Crippen LogP contribution in [0.1, 0.15) is 24.8 Å². The molecule has 1 heterocycles. The second kappa shape index (κ2) is 4.86. The van der Waals surface area contributed by atoms with Crippen molar-refractivity contribution >= 4 is 0 Å². The number of benzene rings is 1. The van der Waals surface area contributed by atoms with E-state index in [0.29, 0.717) is 24.6 Å². The number of hydrogen-bond donors (Lipinski definition) is 2. The summed E-state index contributed by atoms with van der Waals surface area (Å²) in [6.07, 6.45) is 3.88. The first-order valence-corrected chi connectivity index (χ1v) is 6.56. The van der Waals surface area contributed by atoms with Crippen molar-refractivity contribution < 1.29 is 14.2 Å². The van der Waals surface area contributed by atoms with E-state index in [1.54, 1.807) is 6.07 Å². The van der Waals surface area contributed by atoms with Crippen molar-refractivity contribution in [1.82, 2.24) is 5.32 Å². The quantitative estimate of drug-likeness (QED) is 0.862. The van der Waals surface area contributed by atoms with Gasteiger partial charge in [0.25, 0.3) is 0 Å².